The molecule has 2 aromatic carbocycles. The third kappa shape index (κ3) is 5.83. The zero-order valence-corrected chi connectivity index (χ0v) is 20.0. The molecule has 182 valence electrons. The van der Waals surface area contributed by atoms with Crippen molar-refractivity contribution in [1.82, 2.24) is 15.1 Å². The molecule has 2 amide bonds. The number of fused-ring (bicyclic) bond motifs is 3. The Balaban J connectivity index is 1.30. The molecule has 3 aromatic rings. The van der Waals surface area contributed by atoms with Gasteiger partial charge in [-0.15, -0.1) is 0 Å². The number of aliphatic carboxylic acids is 1. The number of ether oxygens (including phenoxy) is 1. The Morgan fingerprint density at radius 3 is 2.40 bits per heavy atom. The van der Waals surface area contributed by atoms with Crippen molar-refractivity contribution in [2.75, 3.05) is 23.9 Å². The van der Waals surface area contributed by atoms with Gasteiger partial charge in [-0.2, -0.15) is 16.9 Å². The molecule has 35 heavy (non-hydrogen) atoms. The quantitative estimate of drug-likeness (QED) is 0.394. The fraction of sp³-hybridized carbons (Fsp3) is 0.280. The Bertz CT molecular complexity index is 1180. The lowest BCUT2D eigenvalue weighted by Gasteiger charge is -2.14. The molecule has 0 saturated heterocycles. The van der Waals surface area contributed by atoms with Gasteiger partial charge in [0.2, 0.25) is 5.91 Å². The Morgan fingerprint density at radius 2 is 1.77 bits per heavy atom. The largest absolute Gasteiger partial charge is 0.480 e. The van der Waals surface area contributed by atoms with E-state index in [0.717, 1.165) is 22.3 Å². The third-order valence-corrected chi connectivity index (χ3v) is 6.42. The van der Waals surface area contributed by atoms with Gasteiger partial charge >= 0.3 is 12.1 Å². The van der Waals surface area contributed by atoms with Crippen molar-refractivity contribution < 1.29 is 24.2 Å². The van der Waals surface area contributed by atoms with E-state index in [1.807, 2.05) is 42.7 Å². The van der Waals surface area contributed by atoms with Crippen LogP contribution in [0.15, 0.2) is 60.9 Å². The molecule has 4 rings (SSSR count). The number of carbonyl (C=O) groups excluding carboxylic acids is 2. The molecule has 1 aromatic heterocycles. The summed E-state index contributed by atoms with van der Waals surface area (Å²) in [4.78, 5) is 36.0. The Kier molecular flexibility index (Phi) is 7.71. The highest BCUT2D eigenvalue weighted by molar-refractivity contribution is 7.98. The van der Waals surface area contributed by atoms with Crippen LogP contribution in [0.5, 0.6) is 0 Å². The summed E-state index contributed by atoms with van der Waals surface area (Å²) in [6.45, 7) is 0.0123. The standard InChI is InChI=1S/C25H26N4O5S/c1-35-11-10-22(24(31)32)28-23(30)14-29-13-16(12-26-29)27-25(33)34-15-21-19-8-4-2-6-17(19)18-7-3-5-9-20(18)21/h2-9,12-13,21-22H,10-11,14-15H2,1H3,(H,27,33)(H,28,30)(H,31,32)/t22-/m0/s1. The maximum Gasteiger partial charge on any atom is 0.411 e. The molecule has 0 unspecified atom stereocenters. The summed E-state index contributed by atoms with van der Waals surface area (Å²) in [6, 6.07) is 15.2. The SMILES string of the molecule is CSCC[C@H](NC(=O)Cn1cc(NC(=O)OCC2c3ccccc3-c3ccccc32)cn1)C(=O)O. The number of carbonyl (C=O) groups is 3. The summed E-state index contributed by atoms with van der Waals surface area (Å²) in [5, 5.41) is 18.4. The van der Waals surface area contributed by atoms with Crippen molar-refractivity contribution in [2.24, 2.45) is 0 Å². The number of carboxylic acid groups (broad SMARTS) is 1. The number of thioether (sulfide) groups is 1. The first-order valence-corrected chi connectivity index (χ1v) is 12.5. The van der Waals surface area contributed by atoms with E-state index < -0.39 is 24.0 Å². The lowest BCUT2D eigenvalue weighted by Crippen LogP contribution is -2.42. The zero-order chi connectivity index (χ0) is 24.8. The lowest BCUT2D eigenvalue weighted by atomic mass is 9.98. The molecular formula is C25H26N4O5S. The van der Waals surface area contributed by atoms with E-state index in [9.17, 15) is 19.5 Å². The summed E-state index contributed by atoms with van der Waals surface area (Å²) in [7, 11) is 0. The van der Waals surface area contributed by atoms with E-state index >= 15 is 0 Å². The van der Waals surface area contributed by atoms with Crippen LogP contribution in [0.25, 0.3) is 11.1 Å². The van der Waals surface area contributed by atoms with Crippen molar-refractivity contribution >= 4 is 35.4 Å². The summed E-state index contributed by atoms with van der Waals surface area (Å²) >= 11 is 1.51. The molecule has 1 atom stereocenters. The van der Waals surface area contributed by atoms with E-state index in [-0.39, 0.29) is 19.1 Å². The number of aromatic nitrogens is 2. The van der Waals surface area contributed by atoms with Gasteiger partial charge in [-0.3, -0.25) is 14.8 Å². The molecule has 1 aliphatic carbocycles. The summed E-state index contributed by atoms with van der Waals surface area (Å²) in [5.74, 6) is -0.986. The second-order valence-corrected chi connectivity index (χ2v) is 9.10. The minimum absolute atomic E-state index is 0.0483. The van der Waals surface area contributed by atoms with Gasteiger partial charge in [-0.1, -0.05) is 48.5 Å². The van der Waals surface area contributed by atoms with Crippen LogP contribution in [-0.2, 0) is 20.9 Å². The maximum absolute atomic E-state index is 12.4. The van der Waals surface area contributed by atoms with Crippen LogP contribution in [0.3, 0.4) is 0 Å². The Morgan fingerprint density at radius 1 is 1.11 bits per heavy atom. The predicted molar refractivity (Wildman–Crippen MR) is 133 cm³/mol. The van der Waals surface area contributed by atoms with Crippen molar-refractivity contribution in [1.29, 1.82) is 0 Å². The summed E-state index contributed by atoms with van der Waals surface area (Å²) in [5.41, 5.74) is 4.91. The van der Waals surface area contributed by atoms with Crippen molar-refractivity contribution in [3.05, 3.63) is 72.1 Å². The Labute approximate surface area is 206 Å². The topological polar surface area (TPSA) is 123 Å². The Hall–Kier alpha value is -3.79. The smallest absolute Gasteiger partial charge is 0.411 e. The monoisotopic (exact) mass is 494 g/mol. The van der Waals surface area contributed by atoms with Crippen molar-refractivity contribution in [2.45, 2.75) is 24.9 Å². The first-order chi connectivity index (χ1) is 17.0. The van der Waals surface area contributed by atoms with E-state index in [2.05, 4.69) is 27.9 Å². The number of nitrogens with one attached hydrogen (secondary N) is 2. The van der Waals surface area contributed by atoms with Crippen LogP contribution >= 0.6 is 11.8 Å². The van der Waals surface area contributed by atoms with Gasteiger partial charge in [0.25, 0.3) is 0 Å². The van der Waals surface area contributed by atoms with Gasteiger partial charge in [0.15, 0.2) is 0 Å². The van der Waals surface area contributed by atoms with Gasteiger partial charge in [-0.05, 0) is 40.7 Å². The highest BCUT2D eigenvalue weighted by atomic mass is 32.2. The van der Waals surface area contributed by atoms with Gasteiger partial charge in [-0.25, -0.2) is 9.59 Å². The summed E-state index contributed by atoms with van der Waals surface area (Å²) in [6.07, 6.45) is 4.46. The average Bonchev–Trinajstić information content (AvgIpc) is 3.41. The molecule has 9 nitrogen and oxygen atoms in total. The zero-order valence-electron chi connectivity index (χ0n) is 19.1. The van der Waals surface area contributed by atoms with E-state index in [1.165, 1.54) is 28.8 Å². The molecule has 0 radical (unpaired) electrons. The minimum atomic E-state index is -1.08. The van der Waals surface area contributed by atoms with Crippen LogP contribution in [0.2, 0.25) is 0 Å². The second-order valence-electron chi connectivity index (χ2n) is 8.12. The summed E-state index contributed by atoms with van der Waals surface area (Å²) < 4.78 is 6.84. The van der Waals surface area contributed by atoms with Crippen LogP contribution in [0, 0.1) is 0 Å². The van der Waals surface area contributed by atoms with Crippen molar-refractivity contribution in [3.63, 3.8) is 0 Å². The number of anilines is 1. The van der Waals surface area contributed by atoms with Gasteiger partial charge in [0.05, 0.1) is 11.9 Å². The first-order valence-electron chi connectivity index (χ1n) is 11.1. The van der Waals surface area contributed by atoms with E-state index in [0.29, 0.717) is 17.9 Å². The maximum atomic E-state index is 12.4. The molecule has 1 heterocycles. The molecule has 0 saturated carbocycles. The number of hydrogen-bond donors (Lipinski definition) is 3. The molecule has 0 spiro atoms. The van der Waals surface area contributed by atoms with Gasteiger partial charge < -0.3 is 15.2 Å². The van der Waals surface area contributed by atoms with E-state index in [4.69, 9.17) is 4.74 Å². The second kappa shape index (κ2) is 11.1. The number of carboxylic acids is 1. The number of benzene rings is 2. The van der Waals surface area contributed by atoms with Crippen molar-refractivity contribution in [3.8, 4) is 11.1 Å². The lowest BCUT2D eigenvalue weighted by molar-refractivity contribution is -0.142. The number of rotatable bonds is 10. The number of amides is 2. The number of hydrogen-bond acceptors (Lipinski definition) is 6. The molecule has 10 heteroatoms. The molecular weight excluding hydrogens is 468 g/mol. The first kappa shape index (κ1) is 24.3. The highest BCUT2D eigenvalue weighted by Crippen LogP contribution is 2.44. The normalized spacial score (nSPS) is 12.9. The minimum Gasteiger partial charge on any atom is -0.480 e. The average molecular weight is 495 g/mol. The van der Waals surface area contributed by atoms with Gasteiger partial charge in [0.1, 0.15) is 19.2 Å². The predicted octanol–water partition coefficient (Wildman–Crippen LogP) is 3.57. The molecule has 3 N–H and O–H groups in total. The van der Waals surface area contributed by atoms with Crippen LogP contribution in [0.4, 0.5) is 10.5 Å². The highest BCUT2D eigenvalue weighted by Gasteiger charge is 2.29. The third-order valence-electron chi connectivity index (χ3n) is 5.77. The fourth-order valence-electron chi connectivity index (χ4n) is 4.15. The van der Waals surface area contributed by atoms with Gasteiger partial charge in [0, 0.05) is 12.1 Å². The van der Waals surface area contributed by atoms with E-state index in [1.54, 1.807) is 0 Å². The van der Waals surface area contributed by atoms with Crippen LogP contribution in [0.1, 0.15) is 23.5 Å². The van der Waals surface area contributed by atoms with Crippen LogP contribution in [-0.4, -0.2) is 57.5 Å². The molecule has 1 aliphatic rings. The number of nitrogens with zero attached hydrogens (tertiary/aromatic N) is 2. The fourth-order valence-corrected chi connectivity index (χ4v) is 4.62. The molecule has 0 fully saturated rings. The molecule has 0 bridgehead atoms. The van der Waals surface area contributed by atoms with Crippen LogP contribution < -0.4 is 10.6 Å². The molecule has 0 aliphatic heterocycles.